The Labute approximate surface area is 110 Å². The summed E-state index contributed by atoms with van der Waals surface area (Å²) in [6.45, 7) is 2.03. The molecule has 18 heavy (non-hydrogen) atoms. The third-order valence-corrected chi connectivity index (χ3v) is 5.08. The first-order valence-electron chi connectivity index (χ1n) is 7.52. The second-order valence-corrected chi connectivity index (χ2v) is 6.32. The summed E-state index contributed by atoms with van der Waals surface area (Å²) in [5.74, 6) is 0.450. The van der Waals surface area contributed by atoms with Gasteiger partial charge in [-0.25, -0.2) is 0 Å². The van der Waals surface area contributed by atoms with Crippen molar-refractivity contribution >= 4 is 0 Å². The SMILES string of the molecule is CC(O)(c1ccc2c(c1)CCC2)C1CCCCC1. The predicted molar refractivity (Wildman–Crippen MR) is 74.6 cm³/mol. The quantitative estimate of drug-likeness (QED) is 0.834. The largest absolute Gasteiger partial charge is 0.385 e. The zero-order chi connectivity index (χ0) is 12.6. The summed E-state index contributed by atoms with van der Waals surface area (Å²) in [6, 6.07) is 6.69. The molecule has 1 aromatic rings. The smallest absolute Gasteiger partial charge is 0.0896 e. The molecule has 0 heterocycles. The van der Waals surface area contributed by atoms with Crippen molar-refractivity contribution in [1.29, 1.82) is 0 Å². The molecular weight excluding hydrogens is 220 g/mol. The molecule has 0 amide bonds. The average Bonchev–Trinajstić information content (AvgIpc) is 2.87. The van der Waals surface area contributed by atoms with Crippen LogP contribution in [0.15, 0.2) is 18.2 Å². The Kier molecular flexibility index (Phi) is 3.19. The third kappa shape index (κ3) is 2.09. The highest BCUT2D eigenvalue weighted by Gasteiger charge is 2.34. The Morgan fingerprint density at radius 2 is 1.72 bits per heavy atom. The number of aryl methyl sites for hydroxylation is 2. The van der Waals surface area contributed by atoms with Crippen molar-refractivity contribution in [3.8, 4) is 0 Å². The summed E-state index contributed by atoms with van der Waals surface area (Å²) in [5, 5.41) is 10.9. The zero-order valence-corrected chi connectivity index (χ0v) is 11.4. The van der Waals surface area contributed by atoms with Crippen LogP contribution in [0, 0.1) is 5.92 Å². The summed E-state index contributed by atoms with van der Waals surface area (Å²) < 4.78 is 0. The van der Waals surface area contributed by atoms with Crippen molar-refractivity contribution in [2.24, 2.45) is 5.92 Å². The van der Waals surface area contributed by atoms with Gasteiger partial charge in [0.1, 0.15) is 0 Å². The lowest BCUT2D eigenvalue weighted by Crippen LogP contribution is -2.33. The highest BCUT2D eigenvalue weighted by molar-refractivity contribution is 5.37. The molecule has 1 N–H and O–H groups in total. The van der Waals surface area contributed by atoms with Crippen molar-refractivity contribution in [2.45, 2.75) is 63.9 Å². The molecule has 0 aromatic heterocycles. The molecule has 1 unspecified atom stereocenters. The number of benzene rings is 1. The molecular formula is C17H24O. The molecule has 0 bridgehead atoms. The lowest BCUT2D eigenvalue weighted by atomic mass is 9.74. The second-order valence-electron chi connectivity index (χ2n) is 6.32. The standard InChI is InChI=1S/C17H24O/c1-17(18,15-8-3-2-4-9-15)16-11-10-13-6-5-7-14(13)12-16/h10-12,15,18H,2-9H2,1H3. The minimum Gasteiger partial charge on any atom is -0.385 e. The average molecular weight is 244 g/mol. The van der Waals surface area contributed by atoms with Crippen molar-refractivity contribution < 1.29 is 5.11 Å². The molecule has 2 aliphatic rings. The van der Waals surface area contributed by atoms with E-state index >= 15 is 0 Å². The van der Waals surface area contributed by atoms with Crippen LogP contribution in [0.2, 0.25) is 0 Å². The van der Waals surface area contributed by atoms with Gasteiger partial charge in [-0.15, -0.1) is 0 Å². The molecule has 1 heteroatoms. The minimum absolute atomic E-state index is 0.450. The lowest BCUT2D eigenvalue weighted by molar-refractivity contribution is -0.0215. The third-order valence-electron chi connectivity index (χ3n) is 5.08. The number of hydrogen-bond acceptors (Lipinski definition) is 1. The molecule has 1 saturated carbocycles. The van der Waals surface area contributed by atoms with E-state index < -0.39 is 5.60 Å². The summed E-state index contributed by atoms with van der Waals surface area (Å²) in [4.78, 5) is 0. The van der Waals surface area contributed by atoms with Gasteiger partial charge in [0.2, 0.25) is 0 Å². The van der Waals surface area contributed by atoms with Crippen molar-refractivity contribution in [3.63, 3.8) is 0 Å². The van der Waals surface area contributed by atoms with Gasteiger partial charge in [0, 0.05) is 0 Å². The maximum atomic E-state index is 10.9. The molecule has 0 radical (unpaired) electrons. The van der Waals surface area contributed by atoms with Crippen molar-refractivity contribution in [3.05, 3.63) is 34.9 Å². The van der Waals surface area contributed by atoms with Crippen molar-refractivity contribution in [1.82, 2.24) is 0 Å². The first kappa shape index (κ1) is 12.2. The van der Waals surface area contributed by atoms with Crippen LogP contribution in [0.25, 0.3) is 0 Å². The number of aliphatic hydroxyl groups is 1. The zero-order valence-electron chi connectivity index (χ0n) is 11.4. The van der Waals surface area contributed by atoms with Crippen LogP contribution >= 0.6 is 0 Å². The van der Waals surface area contributed by atoms with Gasteiger partial charge in [-0.05, 0) is 61.6 Å². The van der Waals surface area contributed by atoms with E-state index in [-0.39, 0.29) is 0 Å². The van der Waals surface area contributed by atoms with Crippen LogP contribution in [-0.2, 0) is 18.4 Å². The van der Waals surface area contributed by atoms with Gasteiger partial charge in [0.05, 0.1) is 5.60 Å². The van der Waals surface area contributed by atoms with Crippen LogP contribution in [-0.4, -0.2) is 5.11 Å². The molecule has 3 rings (SSSR count). The fourth-order valence-corrected chi connectivity index (χ4v) is 3.79. The van der Waals surface area contributed by atoms with E-state index in [0.29, 0.717) is 5.92 Å². The molecule has 1 aromatic carbocycles. The van der Waals surface area contributed by atoms with E-state index in [1.165, 1.54) is 62.5 Å². The number of hydrogen-bond donors (Lipinski definition) is 1. The Balaban J connectivity index is 1.87. The highest BCUT2D eigenvalue weighted by Crippen LogP contribution is 2.40. The maximum Gasteiger partial charge on any atom is 0.0896 e. The topological polar surface area (TPSA) is 20.2 Å². The van der Waals surface area contributed by atoms with Gasteiger partial charge < -0.3 is 5.11 Å². The van der Waals surface area contributed by atoms with Crippen LogP contribution in [0.5, 0.6) is 0 Å². The summed E-state index contributed by atoms with van der Waals surface area (Å²) in [6.07, 6.45) is 9.98. The van der Waals surface area contributed by atoms with E-state index in [9.17, 15) is 5.11 Å². The van der Waals surface area contributed by atoms with E-state index in [4.69, 9.17) is 0 Å². The van der Waals surface area contributed by atoms with Gasteiger partial charge in [0.15, 0.2) is 0 Å². The summed E-state index contributed by atoms with van der Waals surface area (Å²) >= 11 is 0. The van der Waals surface area contributed by atoms with Crippen LogP contribution in [0.1, 0.15) is 62.1 Å². The fourth-order valence-electron chi connectivity index (χ4n) is 3.79. The predicted octanol–water partition coefficient (Wildman–Crippen LogP) is 3.96. The van der Waals surface area contributed by atoms with Gasteiger partial charge in [0.25, 0.3) is 0 Å². The highest BCUT2D eigenvalue weighted by atomic mass is 16.3. The molecule has 2 aliphatic carbocycles. The monoisotopic (exact) mass is 244 g/mol. The first-order valence-corrected chi connectivity index (χ1v) is 7.52. The maximum absolute atomic E-state index is 10.9. The Hall–Kier alpha value is -0.820. The lowest BCUT2D eigenvalue weighted by Gasteiger charge is -2.36. The van der Waals surface area contributed by atoms with Crippen LogP contribution < -0.4 is 0 Å². The molecule has 0 aliphatic heterocycles. The van der Waals surface area contributed by atoms with Gasteiger partial charge >= 0.3 is 0 Å². The van der Waals surface area contributed by atoms with Crippen molar-refractivity contribution in [2.75, 3.05) is 0 Å². The Morgan fingerprint density at radius 1 is 1.00 bits per heavy atom. The van der Waals surface area contributed by atoms with E-state index in [1.54, 1.807) is 0 Å². The van der Waals surface area contributed by atoms with Gasteiger partial charge in [-0.1, -0.05) is 37.5 Å². The van der Waals surface area contributed by atoms with Crippen LogP contribution in [0.3, 0.4) is 0 Å². The first-order chi connectivity index (χ1) is 8.68. The molecule has 0 saturated heterocycles. The van der Waals surface area contributed by atoms with Gasteiger partial charge in [-0.2, -0.15) is 0 Å². The summed E-state index contributed by atoms with van der Waals surface area (Å²) in [7, 11) is 0. The normalized spacial score (nSPS) is 23.7. The molecule has 1 atom stereocenters. The molecule has 1 nitrogen and oxygen atoms in total. The summed E-state index contributed by atoms with van der Waals surface area (Å²) in [5.41, 5.74) is 3.50. The van der Waals surface area contributed by atoms with Crippen LogP contribution in [0.4, 0.5) is 0 Å². The van der Waals surface area contributed by atoms with Gasteiger partial charge in [-0.3, -0.25) is 0 Å². The van der Waals surface area contributed by atoms with E-state index in [0.717, 1.165) is 5.56 Å². The van der Waals surface area contributed by atoms with E-state index in [1.807, 2.05) is 6.92 Å². The molecule has 98 valence electrons. The molecule has 1 fully saturated rings. The molecule has 0 spiro atoms. The minimum atomic E-state index is -0.627. The fraction of sp³-hybridized carbons (Fsp3) is 0.647. The Bertz CT molecular complexity index is 427. The number of fused-ring (bicyclic) bond motifs is 1. The van der Waals surface area contributed by atoms with E-state index in [2.05, 4.69) is 18.2 Å². The second kappa shape index (κ2) is 4.70. The Morgan fingerprint density at radius 3 is 2.50 bits per heavy atom. The number of rotatable bonds is 2.